The van der Waals surface area contributed by atoms with E-state index >= 15 is 0 Å². The summed E-state index contributed by atoms with van der Waals surface area (Å²) in [5.74, 6) is 5.86. The van der Waals surface area contributed by atoms with Crippen LogP contribution in [-0.2, 0) is 11.2 Å². The van der Waals surface area contributed by atoms with Crippen LogP contribution in [0.1, 0.15) is 62.2 Å². The highest BCUT2D eigenvalue weighted by atomic mass is 19.1. The SMILES string of the molecule is COc1c(F)cccc1Nc1c(-c2ccncc2C#C[C@]2(C)CCCN2C(=O)OC(C)(C)C)[nH]c2c1C(=O)NCC2. The quantitative estimate of drug-likeness (QED) is 0.370. The van der Waals surface area contributed by atoms with E-state index in [4.69, 9.17) is 9.47 Å². The number of anilines is 2. The maximum Gasteiger partial charge on any atom is 0.411 e. The monoisotopic (exact) mass is 559 g/mol. The van der Waals surface area contributed by atoms with Crippen LogP contribution in [-0.4, -0.2) is 58.2 Å². The Kier molecular flexibility index (Phi) is 7.39. The maximum absolute atomic E-state index is 14.5. The summed E-state index contributed by atoms with van der Waals surface area (Å²) >= 11 is 0. The second-order valence-corrected chi connectivity index (χ2v) is 11.4. The minimum absolute atomic E-state index is 0.0377. The molecular formula is C31H34FN5O4. The molecule has 3 N–H and O–H groups in total. The number of fused-ring (bicyclic) bond motifs is 1. The molecule has 0 bridgehead atoms. The Morgan fingerprint density at radius 2 is 2.07 bits per heavy atom. The largest absolute Gasteiger partial charge is 0.492 e. The van der Waals surface area contributed by atoms with Crippen molar-refractivity contribution in [2.75, 3.05) is 25.5 Å². The Balaban J connectivity index is 1.58. The first-order valence-electron chi connectivity index (χ1n) is 13.6. The zero-order chi connectivity index (χ0) is 29.4. The summed E-state index contributed by atoms with van der Waals surface area (Å²) in [7, 11) is 1.39. The van der Waals surface area contributed by atoms with Crippen LogP contribution in [0.3, 0.4) is 0 Å². The van der Waals surface area contributed by atoms with E-state index in [1.807, 2.05) is 33.8 Å². The van der Waals surface area contributed by atoms with Gasteiger partial charge in [0.1, 0.15) is 11.1 Å². The standard InChI is InChI=1S/C31H34FN5O4/c1-30(2,3)41-29(39)37-17-7-13-31(37,4)14-10-19-18-33-15-11-20(19)25-26(24-22(35-25)12-16-34-28(24)38)36-23-9-6-8-21(32)27(23)40-5/h6,8-9,11,15,18,35-36H,7,12-13,16-17H2,1-5H3,(H,34,38)/t31-/m0/s1. The number of aromatic nitrogens is 2. The molecule has 1 aromatic carbocycles. The lowest BCUT2D eigenvalue weighted by molar-refractivity contribution is 0.0179. The number of benzene rings is 1. The summed E-state index contributed by atoms with van der Waals surface area (Å²) in [6.45, 7) is 8.51. The fourth-order valence-corrected chi connectivity index (χ4v) is 5.27. The van der Waals surface area contributed by atoms with Gasteiger partial charge in [-0.05, 0) is 58.7 Å². The van der Waals surface area contributed by atoms with Gasteiger partial charge in [0.25, 0.3) is 5.91 Å². The van der Waals surface area contributed by atoms with Gasteiger partial charge in [0.15, 0.2) is 11.6 Å². The number of carbonyl (C=O) groups excluding carboxylic acids is 2. The second-order valence-electron chi connectivity index (χ2n) is 11.4. The van der Waals surface area contributed by atoms with Crippen molar-refractivity contribution in [2.24, 2.45) is 0 Å². The molecular weight excluding hydrogens is 525 g/mol. The predicted molar refractivity (Wildman–Crippen MR) is 154 cm³/mol. The molecule has 2 aliphatic heterocycles. The molecule has 9 nitrogen and oxygen atoms in total. The molecule has 214 valence electrons. The van der Waals surface area contributed by atoms with Crippen LogP contribution in [0.15, 0.2) is 36.7 Å². The Bertz CT molecular complexity index is 1560. The molecule has 0 unspecified atom stereocenters. The molecule has 0 spiro atoms. The van der Waals surface area contributed by atoms with E-state index in [0.717, 1.165) is 12.1 Å². The number of para-hydroxylation sites is 1. The zero-order valence-corrected chi connectivity index (χ0v) is 23.9. The third kappa shape index (κ3) is 5.57. The van der Waals surface area contributed by atoms with Crippen molar-refractivity contribution in [3.63, 3.8) is 0 Å². The second kappa shape index (κ2) is 10.8. The van der Waals surface area contributed by atoms with Crippen molar-refractivity contribution in [3.8, 4) is 28.8 Å². The van der Waals surface area contributed by atoms with Gasteiger partial charge in [0, 0.05) is 43.2 Å². The number of ether oxygens (including phenoxy) is 2. The van der Waals surface area contributed by atoms with Crippen LogP contribution in [0, 0.1) is 17.7 Å². The average Bonchev–Trinajstić information content (AvgIpc) is 3.48. The summed E-state index contributed by atoms with van der Waals surface area (Å²) in [6.07, 6.45) is 5.04. The third-order valence-corrected chi connectivity index (χ3v) is 7.21. The first-order chi connectivity index (χ1) is 19.5. The number of methoxy groups -OCH3 is 1. The number of nitrogens with one attached hydrogen (secondary N) is 3. The number of aromatic amines is 1. The lowest BCUT2D eigenvalue weighted by Gasteiger charge is -2.32. The third-order valence-electron chi connectivity index (χ3n) is 7.21. The average molecular weight is 560 g/mol. The van der Waals surface area contributed by atoms with Gasteiger partial charge in [-0.15, -0.1) is 0 Å². The molecule has 1 atom stereocenters. The summed E-state index contributed by atoms with van der Waals surface area (Å²) in [5, 5.41) is 6.14. The summed E-state index contributed by atoms with van der Waals surface area (Å²) < 4.78 is 25.5. The molecule has 41 heavy (non-hydrogen) atoms. The smallest absolute Gasteiger partial charge is 0.411 e. The molecule has 5 rings (SSSR count). The van der Waals surface area contributed by atoms with Gasteiger partial charge in [0.05, 0.1) is 35.3 Å². The number of likely N-dealkylation sites (tertiary alicyclic amines) is 1. The molecule has 3 aromatic rings. The fraction of sp³-hybridized carbons (Fsp3) is 0.387. The number of amides is 2. The highest BCUT2D eigenvalue weighted by Gasteiger charge is 2.40. The Morgan fingerprint density at radius 3 is 2.83 bits per heavy atom. The number of carbonyl (C=O) groups is 2. The van der Waals surface area contributed by atoms with Crippen LogP contribution in [0.4, 0.5) is 20.6 Å². The van der Waals surface area contributed by atoms with Crippen LogP contribution in [0.5, 0.6) is 5.75 Å². The molecule has 4 heterocycles. The topological polar surface area (TPSA) is 109 Å². The summed E-state index contributed by atoms with van der Waals surface area (Å²) in [5.41, 5.74) is 2.67. The van der Waals surface area contributed by atoms with Gasteiger partial charge < -0.3 is 25.1 Å². The van der Waals surface area contributed by atoms with Crippen LogP contribution >= 0.6 is 0 Å². The van der Waals surface area contributed by atoms with Crippen molar-refractivity contribution in [1.29, 1.82) is 0 Å². The number of hydrogen-bond acceptors (Lipinski definition) is 6. The van der Waals surface area contributed by atoms with E-state index in [2.05, 4.69) is 32.4 Å². The number of nitrogens with zero attached hydrogens (tertiary/aromatic N) is 2. The van der Waals surface area contributed by atoms with Crippen molar-refractivity contribution < 1.29 is 23.5 Å². The van der Waals surface area contributed by atoms with Gasteiger partial charge in [-0.3, -0.25) is 14.7 Å². The Morgan fingerprint density at radius 1 is 1.27 bits per heavy atom. The van der Waals surface area contributed by atoms with Crippen molar-refractivity contribution >= 4 is 23.4 Å². The molecule has 10 heteroatoms. The highest BCUT2D eigenvalue weighted by molar-refractivity contribution is 6.06. The van der Waals surface area contributed by atoms with Gasteiger partial charge in [-0.1, -0.05) is 17.9 Å². The van der Waals surface area contributed by atoms with E-state index in [9.17, 15) is 14.0 Å². The Labute approximate surface area is 238 Å². The molecule has 2 aromatic heterocycles. The number of halogens is 1. The molecule has 0 aliphatic carbocycles. The molecule has 1 saturated heterocycles. The number of pyridine rings is 1. The van der Waals surface area contributed by atoms with Gasteiger partial charge >= 0.3 is 6.09 Å². The van der Waals surface area contributed by atoms with E-state index in [-0.39, 0.29) is 11.7 Å². The van der Waals surface area contributed by atoms with Gasteiger partial charge in [-0.25, -0.2) is 9.18 Å². The number of rotatable bonds is 4. The van der Waals surface area contributed by atoms with Crippen LogP contribution in [0.25, 0.3) is 11.3 Å². The number of H-pyrrole nitrogens is 1. The first kappa shape index (κ1) is 28.0. The maximum atomic E-state index is 14.5. The molecule has 2 aliphatic rings. The summed E-state index contributed by atoms with van der Waals surface area (Å²) in [4.78, 5) is 35.4. The first-order valence-corrected chi connectivity index (χ1v) is 13.6. The minimum Gasteiger partial charge on any atom is -0.492 e. The van der Waals surface area contributed by atoms with Crippen molar-refractivity contribution in [2.45, 2.75) is 58.1 Å². The predicted octanol–water partition coefficient (Wildman–Crippen LogP) is 5.40. The highest BCUT2D eigenvalue weighted by Crippen LogP contribution is 2.40. The van der Waals surface area contributed by atoms with E-state index in [0.29, 0.717) is 59.7 Å². The fourth-order valence-electron chi connectivity index (χ4n) is 5.27. The lowest BCUT2D eigenvalue weighted by Crippen LogP contribution is -2.46. The van der Waals surface area contributed by atoms with Gasteiger partial charge in [-0.2, -0.15) is 0 Å². The van der Waals surface area contributed by atoms with E-state index < -0.39 is 23.1 Å². The normalized spacial score (nSPS) is 18.2. The van der Waals surface area contributed by atoms with Gasteiger partial charge in [0.2, 0.25) is 0 Å². The molecule has 2 amide bonds. The number of hydrogen-bond donors (Lipinski definition) is 3. The van der Waals surface area contributed by atoms with E-state index in [1.54, 1.807) is 29.4 Å². The Hall–Kier alpha value is -4.52. The molecule has 0 radical (unpaired) electrons. The van der Waals surface area contributed by atoms with Crippen molar-refractivity contribution in [1.82, 2.24) is 20.2 Å². The summed E-state index contributed by atoms with van der Waals surface area (Å²) in [6, 6.07) is 6.38. The molecule has 0 saturated carbocycles. The lowest BCUT2D eigenvalue weighted by atomic mass is 9.98. The van der Waals surface area contributed by atoms with E-state index in [1.165, 1.54) is 13.2 Å². The zero-order valence-electron chi connectivity index (χ0n) is 23.9. The minimum atomic E-state index is -0.722. The van der Waals surface area contributed by atoms with Crippen LogP contribution < -0.4 is 15.4 Å². The van der Waals surface area contributed by atoms with Crippen molar-refractivity contribution in [3.05, 3.63) is 59.3 Å². The molecule has 1 fully saturated rings. The van der Waals surface area contributed by atoms with Crippen LogP contribution in [0.2, 0.25) is 0 Å².